The van der Waals surface area contributed by atoms with Crippen LogP contribution in [0.3, 0.4) is 0 Å². The summed E-state index contributed by atoms with van der Waals surface area (Å²) in [5.41, 5.74) is 4.76. The Bertz CT molecular complexity index is 881. The van der Waals surface area contributed by atoms with Gasteiger partial charge in [0.1, 0.15) is 5.69 Å². The Hall–Kier alpha value is -2.81. The van der Waals surface area contributed by atoms with E-state index in [0.29, 0.717) is 11.4 Å². The lowest BCUT2D eigenvalue weighted by Crippen LogP contribution is -2.04. The third-order valence-corrected chi connectivity index (χ3v) is 3.58. The smallest absolute Gasteiger partial charge is 0.206 e. The Morgan fingerprint density at radius 1 is 0.909 bits per heavy atom. The molecule has 0 radical (unpaired) electrons. The first kappa shape index (κ1) is 14.1. The lowest BCUT2D eigenvalue weighted by atomic mass is 10.1. The number of allylic oxidation sites excluding steroid dienone is 1. The molecular formula is C19H16N2O. The van der Waals surface area contributed by atoms with E-state index in [1.165, 1.54) is 0 Å². The molecule has 108 valence electrons. The maximum absolute atomic E-state index is 12.4. The molecule has 0 amide bonds. The number of hydrogen-bond donors (Lipinski definition) is 0. The van der Waals surface area contributed by atoms with Crippen LogP contribution >= 0.6 is 0 Å². The molecule has 0 spiro atoms. The number of carbonyl (C=O) groups is 1. The van der Waals surface area contributed by atoms with Crippen molar-refractivity contribution in [2.24, 2.45) is 0 Å². The second-order valence-corrected chi connectivity index (χ2v) is 5.20. The van der Waals surface area contributed by atoms with Crippen LogP contribution < -0.4 is 0 Å². The Kier molecular flexibility index (Phi) is 3.79. The molecule has 3 rings (SSSR count). The molecule has 2 aromatic carbocycles. The van der Waals surface area contributed by atoms with E-state index < -0.39 is 0 Å². The maximum Gasteiger partial charge on any atom is 0.206 e. The van der Waals surface area contributed by atoms with Gasteiger partial charge in [0, 0.05) is 0 Å². The van der Waals surface area contributed by atoms with E-state index in [1.807, 2.05) is 68.5 Å². The van der Waals surface area contributed by atoms with Crippen LogP contribution in [0.1, 0.15) is 27.3 Å². The average molecular weight is 288 g/mol. The highest BCUT2D eigenvalue weighted by atomic mass is 16.1. The Morgan fingerprint density at radius 2 is 1.55 bits per heavy atom. The number of carbonyl (C=O) groups excluding carboxylic acids is 1. The zero-order valence-corrected chi connectivity index (χ0v) is 12.6. The fourth-order valence-electron chi connectivity index (χ4n) is 2.34. The Labute approximate surface area is 129 Å². The van der Waals surface area contributed by atoms with E-state index in [1.54, 1.807) is 6.08 Å². The summed E-state index contributed by atoms with van der Waals surface area (Å²) in [6.07, 6.45) is 3.39. The fourth-order valence-corrected chi connectivity index (χ4v) is 2.34. The summed E-state index contributed by atoms with van der Waals surface area (Å²) in [5, 5.41) is 0. The summed E-state index contributed by atoms with van der Waals surface area (Å²) in [7, 11) is 0. The average Bonchev–Trinajstić information content (AvgIpc) is 2.53. The van der Waals surface area contributed by atoms with Gasteiger partial charge in [0.15, 0.2) is 0 Å². The van der Waals surface area contributed by atoms with E-state index in [0.717, 1.165) is 22.2 Å². The number of rotatable bonds is 3. The highest BCUT2D eigenvalue weighted by Crippen LogP contribution is 2.14. The summed E-state index contributed by atoms with van der Waals surface area (Å²) in [6.45, 7) is 3.83. The molecule has 0 aliphatic heterocycles. The van der Waals surface area contributed by atoms with Crippen LogP contribution in [-0.4, -0.2) is 15.8 Å². The summed E-state index contributed by atoms with van der Waals surface area (Å²) in [4.78, 5) is 21.3. The number of hydrogen-bond acceptors (Lipinski definition) is 3. The van der Waals surface area contributed by atoms with Crippen molar-refractivity contribution in [2.45, 2.75) is 13.8 Å². The van der Waals surface area contributed by atoms with E-state index in [2.05, 4.69) is 9.97 Å². The number of aryl methyl sites for hydroxylation is 2. The first-order chi connectivity index (χ1) is 10.6. The third kappa shape index (κ3) is 2.79. The molecule has 0 aliphatic rings. The van der Waals surface area contributed by atoms with Crippen LogP contribution in [0.5, 0.6) is 0 Å². The number of para-hydroxylation sites is 2. The van der Waals surface area contributed by atoms with Crippen LogP contribution in [0.25, 0.3) is 17.1 Å². The Morgan fingerprint density at radius 3 is 2.27 bits per heavy atom. The largest absolute Gasteiger partial charge is 0.287 e. The summed E-state index contributed by atoms with van der Waals surface area (Å²) in [6, 6.07) is 15.5. The molecule has 22 heavy (non-hydrogen) atoms. The first-order valence-electron chi connectivity index (χ1n) is 7.16. The van der Waals surface area contributed by atoms with Crippen molar-refractivity contribution in [2.75, 3.05) is 0 Å². The van der Waals surface area contributed by atoms with Crippen molar-refractivity contribution in [3.05, 3.63) is 77.1 Å². The van der Waals surface area contributed by atoms with Crippen LogP contribution in [-0.2, 0) is 0 Å². The zero-order valence-electron chi connectivity index (χ0n) is 12.6. The summed E-state index contributed by atoms with van der Waals surface area (Å²) in [5.74, 6) is -0.126. The fraction of sp³-hybridized carbons (Fsp3) is 0.105. The van der Waals surface area contributed by atoms with Gasteiger partial charge >= 0.3 is 0 Å². The molecule has 0 saturated heterocycles. The molecule has 0 unspecified atom stereocenters. The lowest BCUT2D eigenvalue weighted by Gasteiger charge is -2.03. The highest BCUT2D eigenvalue weighted by molar-refractivity contribution is 6.07. The first-order valence-corrected chi connectivity index (χ1v) is 7.16. The van der Waals surface area contributed by atoms with Gasteiger partial charge in [-0.05, 0) is 43.2 Å². The lowest BCUT2D eigenvalue weighted by molar-refractivity contribution is 0.104. The summed E-state index contributed by atoms with van der Waals surface area (Å²) < 4.78 is 0. The maximum atomic E-state index is 12.4. The molecule has 0 fully saturated rings. The molecule has 1 aromatic heterocycles. The Balaban J connectivity index is 1.95. The molecule has 0 atom stereocenters. The van der Waals surface area contributed by atoms with Crippen LogP contribution in [0.15, 0.2) is 54.6 Å². The predicted molar refractivity (Wildman–Crippen MR) is 88.8 cm³/mol. The monoisotopic (exact) mass is 288 g/mol. The molecular weight excluding hydrogens is 272 g/mol. The van der Waals surface area contributed by atoms with Crippen molar-refractivity contribution >= 4 is 22.9 Å². The minimum atomic E-state index is -0.126. The van der Waals surface area contributed by atoms with E-state index in [9.17, 15) is 4.79 Å². The molecule has 3 aromatic rings. The molecule has 0 N–H and O–H groups in total. The van der Waals surface area contributed by atoms with E-state index in [-0.39, 0.29) is 5.78 Å². The van der Waals surface area contributed by atoms with Gasteiger partial charge in [0.2, 0.25) is 5.78 Å². The van der Waals surface area contributed by atoms with Crippen molar-refractivity contribution in [1.29, 1.82) is 0 Å². The van der Waals surface area contributed by atoms with Crippen molar-refractivity contribution < 1.29 is 4.79 Å². The van der Waals surface area contributed by atoms with Crippen molar-refractivity contribution in [3.8, 4) is 0 Å². The third-order valence-electron chi connectivity index (χ3n) is 3.58. The zero-order chi connectivity index (χ0) is 15.5. The quantitative estimate of drug-likeness (QED) is 0.537. The topological polar surface area (TPSA) is 42.9 Å². The minimum absolute atomic E-state index is 0.126. The van der Waals surface area contributed by atoms with Crippen LogP contribution in [0.2, 0.25) is 0 Å². The normalized spacial score (nSPS) is 11.2. The predicted octanol–water partition coefficient (Wildman–Crippen LogP) is 4.14. The molecule has 0 aliphatic carbocycles. The van der Waals surface area contributed by atoms with Gasteiger partial charge in [-0.15, -0.1) is 0 Å². The molecule has 1 heterocycles. The second-order valence-electron chi connectivity index (χ2n) is 5.20. The van der Waals surface area contributed by atoms with E-state index >= 15 is 0 Å². The van der Waals surface area contributed by atoms with Gasteiger partial charge < -0.3 is 0 Å². The summed E-state index contributed by atoms with van der Waals surface area (Å²) >= 11 is 0. The second kappa shape index (κ2) is 5.90. The number of benzene rings is 2. The SMILES string of the molecule is Cc1ccccc1C=CC(=O)c1nc2ccccc2nc1C. The van der Waals surface area contributed by atoms with Gasteiger partial charge in [-0.1, -0.05) is 42.5 Å². The minimum Gasteiger partial charge on any atom is -0.287 e. The van der Waals surface area contributed by atoms with Gasteiger partial charge in [0.05, 0.1) is 16.7 Å². The van der Waals surface area contributed by atoms with Gasteiger partial charge in [0.25, 0.3) is 0 Å². The highest BCUT2D eigenvalue weighted by Gasteiger charge is 2.10. The standard InChI is InChI=1S/C19H16N2O/c1-13-7-3-4-8-15(13)11-12-18(22)19-14(2)20-16-9-5-6-10-17(16)21-19/h3-12H,1-2H3. The number of aromatic nitrogens is 2. The molecule has 3 nitrogen and oxygen atoms in total. The number of nitrogens with zero attached hydrogens (tertiary/aromatic N) is 2. The van der Waals surface area contributed by atoms with Crippen molar-refractivity contribution in [3.63, 3.8) is 0 Å². The van der Waals surface area contributed by atoms with Gasteiger partial charge in [-0.2, -0.15) is 0 Å². The number of ketones is 1. The van der Waals surface area contributed by atoms with E-state index in [4.69, 9.17) is 0 Å². The number of fused-ring (bicyclic) bond motifs is 1. The van der Waals surface area contributed by atoms with Crippen LogP contribution in [0, 0.1) is 13.8 Å². The van der Waals surface area contributed by atoms with Gasteiger partial charge in [-0.25, -0.2) is 9.97 Å². The van der Waals surface area contributed by atoms with Crippen LogP contribution in [0.4, 0.5) is 0 Å². The molecule has 0 bridgehead atoms. The van der Waals surface area contributed by atoms with Gasteiger partial charge in [-0.3, -0.25) is 4.79 Å². The molecule has 0 saturated carbocycles. The van der Waals surface area contributed by atoms with Crippen molar-refractivity contribution in [1.82, 2.24) is 9.97 Å². The molecule has 3 heteroatoms.